The highest BCUT2D eigenvalue weighted by Crippen LogP contribution is 2.13. The van der Waals surface area contributed by atoms with Crippen LogP contribution in [0.15, 0.2) is 24.3 Å². The summed E-state index contributed by atoms with van der Waals surface area (Å²) in [5, 5.41) is 0. The summed E-state index contributed by atoms with van der Waals surface area (Å²) in [6, 6.07) is 8.76. The average Bonchev–Trinajstić information content (AvgIpc) is 2.46. The van der Waals surface area contributed by atoms with Crippen molar-refractivity contribution in [2.45, 2.75) is 32.2 Å². The van der Waals surface area contributed by atoms with Crippen LogP contribution in [0.4, 0.5) is 0 Å². The summed E-state index contributed by atoms with van der Waals surface area (Å²) in [4.78, 5) is 4.72. The molecule has 2 rings (SSSR count). The smallest absolute Gasteiger partial charge is 0.0245 e. The summed E-state index contributed by atoms with van der Waals surface area (Å²) in [6.07, 6.45) is 5.05. The van der Waals surface area contributed by atoms with E-state index in [1.165, 1.54) is 37.9 Å². The first-order chi connectivity index (χ1) is 9.74. The Morgan fingerprint density at radius 2 is 1.75 bits per heavy atom. The molecular formula is C18H26N2. The van der Waals surface area contributed by atoms with E-state index in [9.17, 15) is 0 Å². The number of hydrogen-bond donors (Lipinski definition) is 0. The first-order valence-electron chi connectivity index (χ1n) is 7.69. The Balaban J connectivity index is 1.82. The molecule has 0 amide bonds. The highest BCUT2D eigenvalue weighted by atomic mass is 15.1. The molecule has 2 heteroatoms. The summed E-state index contributed by atoms with van der Waals surface area (Å²) in [7, 11) is 4.16. The quantitative estimate of drug-likeness (QED) is 0.776. The van der Waals surface area contributed by atoms with Crippen molar-refractivity contribution < 1.29 is 0 Å². The molecule has 1 aliphatic heterocycles. The predicted molar refractivity (Wildman–Crippen MR) is 85.6 cm³/mol. The Bertz CT molecular complexity index is 445. The summed E-state index contributed by atoms with van der Waals surface area (Å²) in [5.74, 6) is 6.47. The molecule has 0 atom stereocenters. The first-order valence-corrected chi connectivity index (χ1v) is 7.69. The van der Waals surface area contributed by atoms with Crippen LogP contribution >= 0.6 is 0 Å². The monoisotopic (exact) mass is 270 g/mol. The zero-order valence-corrected chi connectivity index (χ0v) is 12.9. The van der Waals surface area contributed by atoms with Crippen molar-refractivity contribution in [2.24, 2.45) is 0 Å². The van der Waals surface area contributed by atoms with Crippen LogP contribution in [-0.4, -0.2) is 43.5 Å². The Kier molecular flexibility index (Phi) is 6.11. The highest BCUT2D eigenvalue weighted by molar-refractivity contribution is 5.36. The van der Waals surface area contributed by atoms with E-state index < -0.39 is 0 Å². The van der Waals surface area contributed by atoms with Crippen molar-refractivity contribution in [3.8, 4) is 11.8 Å². The largest absolute Gasteiger partial charge is 0.308 e. The van der Waals surface area contributed by atoms with Crippen molar-refractivity contribution in [3.05, 3.63) is 35.4 Å². The molecule has 1 aromatic rings. The minimum Gasteiger partial charge on any atom is -0.308 e. The molecule has 1 heterocycles. The third kappa shape index (κ3) is 5.36. The van der Waals surface area contributed by atoms with Crippen LogP contribution in [0.3, 0.4) is 0 Å². The standard InChI is InChI=1S/C18H26N2/c1-19(2)13-7-4-8-17-9-11-18(12-10-17)16-20-14-5-3-6-15-20/h9-12H,3,5-7,13-16H2,1-2H3. The van der Waals surface area contributed by atoms with Crippen LogP contribution in [0.5, 0.6) is 0 Å². The third-order valence-corrected chi connectivity index (χ3v) is 3.73. The van der Waals surface area contributed by atoms with Gasteiger partial charge in [0.15, 0.2) is 0 Å². The fourth-order valence-electron chi connectivity index (χ4n) is 2.51. The normalized spacial score (nSPS) is 15.9. The number of rotatable bonds is 4. The van der Waals surface area contributed by atoms with Crippen molar-refractivity contribution in [2.75, 3.05) is 33.7 Å². The SMILES string of the molecule is CN(C)CCC#Cc1ccc(CN2CCCCC2)cc1. The van der Waals surface area contributed by atoms with Crippen LogP contribution in [-0.2, 0) is 6.54 Å². The Morgan fingerprint density at radius 3 is 2.40 bits per heavy atom. The maximum Gasteiger partial charge on any atom is 0.0245 e. The fraction of sp³-hybridized carbons (Fsp3) is 0.556. The molecule has 1 saturated heterocycles. The van der Waals surface area contributed by atoms with E-state index in [1.54, 1.807) is 0 Å². The molecule has 0 N–H and O–H groups in total. The second-order valence-electron chi connectivity index (χ2n) is 5.89. The second kappa shape index (κ2) is 8.09. The van der Waals surface area contributed by atoms with E-state index in [2.05, 4.69) is 60.0 Å². The van der Waals surface area contributed by atoms with Gasteiger partial charge in [-0.1, -0.05) is 30.4 Å². The van der Waals surface area contributed by atoms with Crippen molar-refractivity contribution in [1.82, 2.24) is 9.80 Å². The van der Waals surface area contributed by atoms with Crippen molar-refractivity contribution in [3.63, 3.8) is 0 Å². The maximum absolute atomic E-state index is 3.24. The molecule has 1 aliphatic rings. The minimum absolute atomic E-state index is 0.933. The van der Waals surface area contributed by atoms with Gasteiger partial charge >= 0.3 is 0 Å². The van der Waals surface area contributed by atoms with E-state index in [4.69, 9.17) is 0 Å². The zero-order valence-electron chi connectivity index (χ0n) is 12.9. The molecule has 20 heavy (non-hydrogen) atoms. The topological polar surface area (TPSA) is 6.48 Å². The molecule has 0 aromatic heterocycles. The molecule has 0 saturated carbocycles. The Labute approximate surface area is 123 Å². The third-order valence-electron chi connectivity index (χ3n) is 3.73. The molecule has 0 radical (unpaired) electrons. The Morgan fingerprint density at radius 1 is 1.05 bits per heavy atom. The number of benzene rings is 1. The number of nitrogens with zero attached hydrogens (tertiary/aromatic N) is 2. The first kappa shape index (κ1) is 15.1. The molecular weight excluding hydrogens is 244 g/mol. The molecule has 0 unspecified atom stereocenters. The van der Waals surface area contributed by atoms with Gasteiger partial charge in [0.2, 0.25) is 0 Å². The maximum atomic E-state index is 3.24. The molecule has 0 spiro atoms. The van der Waals surface area contributed by atoms with Gasteiger partial charge in [0.25, 0.3) is 0 Å². The van der Waals surface area contributed by atoms with E-state index in [0.717, 1.165) is 25.1 Å². The summed E-state index contributed by atoms with van der Waals surface area (Å²) < 4.78 is 0. The lowest BCUT2D eigenvalue weighted by atomic mass is 10.1. The lowest BCUT2D eigenvalue weighted by Gasteiger charge is -2.26. The highest BCUT2D eigenvalue weighted by Gasteiger charge is 2.09. The van der Waals surface area contributed by atoms with Gasteiger partial charge in [0, 0.05) is 25.1 Å². The van der Waals surface area contributed by atoms with Crippen LogP contribution in [0.2, 0.25) is 0 Å². The van der Waals surface area contributed by atoms with Crippen LogP contribution < -0.4 is 0 Å². The number of hydrogen-bond acceptors (Lipinski definition) is 2. The summed E-state index contributed by atoms with van der Waals surface area (Å²) in [6.45, 7) is 4.63. The molecule has 108 valence electrons. The Hall–Kier alpha value is -1.30. The van der Waals surface area contributed by atoms with Gasteiger partial charge in [-0.3, -0.25) is 4.90 Å². The zero-order chi connectivity index (χ0) is 14.2. The van der Waals surface area contributed by atoms with E-state index in [-0.39, 0.29) is 0 Å². The minimum atomic E-state index is 0.933. The van der Waals surface area contributed by atoms with Crippen LogP contribution in [0.25, 0.3) is 0 Å². The molecule has 0 aliphatic carbocycles. The van der Waals surface area contributed by atoms with Gasteiger partial charge in [-0.2, -0.15) is 0 Å². The molecule has 0 bridgehead atoms. The van der Waals surface area contributed by atoms with Gasteiger partial charge in [-0.25, -0.2) is 0 Å². The fourth-order valence-corrected chi connectivity index (χ4v) is 2.51. The lowest BCUT2D eigenvalue weighted by molar-refractivity contribution is 0.221. The van der Waals surface area contributed by atoms with E-state index in [0.29, 0.717) is 0 Å². The van der Waals surface area contributed by atoms with Gasteiger partial charge in [0.05, 0.1) is 0 Å². The van der Waals surface area contributed by atoms with Crippen molar-refractivity contribution in [1.29, 1.82) is 0 Å². The summed E-state index contributed by atoms with van der Waals surface area (Å²) in [5.41, 5.74) is 2.54. The van der Waals surface area contributed by atoms with Gasteiger partial charge in [-0.15, -0.1) is 0 Å². The number of piperidine rings is 1. The lowest BCUT2D eigenvalue weighted by Crippen LogP contribution is -2.29. The molecule has 1 aromatic carbocycles. The molecule has 1 fully saturated rings. The summed E-state index contributed by atoms with van der Waals surface area (Å²) >= 11 is 0. The van der Waals surface area contributed by atoms with Gasteiger partial charge < -0.3 is 4.90 Å². The van der Waals surface area contributed by atoms with E-state index in [1.807, 2.05) is 0 Å². The van der Waals surface area contributed by atoms with Crippen molar-refractivity contribution >= 4 is 0 Å². The predicted octanol–water partition coefficient (Wildman–Crippen LogP) is 2.98. The van der Waals surface area contributed by atoms with Crippen LogP contribution in [0.1, 0.15) is 36.8 Å². The number of likely N-dealkylation sites (tertiary alicyclic amines) is 1. The van der Waals surface area contributed by atoms with Gasteiger partial charge in [-0.05, 0) is 57.7 Å². The van der Waals surface area contributed by atoms with Gasteiger partial charge in [0.1, 0.15) is 0 Å². The van der Waals surface area contributed by atoms with E-state index >= 15 is 0 Å². The average molecular weight is 270 g/mol. The van der Waals surface area contributed by atoms with Crippen LogP contribution in [0, 0.1) is 11.8 Å². The molecule has 2 nitrogen and oxygen atoms in total. The second-order valence-corrected chi connectivity index (χ2v) is 5.89.